The van der Waals surface area contributed by atoms with Gasteiger partial charge in [0.05, 0.1) is 24.4 Å². The van der Waals surface area contributed by atoms with Gasteiger partial charge in [0, 0.05) is 17.8 Å². The minimum absolute atomic E-state index is 0.0160. The van der Waals surface area contributed by atoms with Crippen molar-refractivity contribution in [3.05, 3.63) is 64.7 Å². The number of fused-ring (bicyclic) bond motifs is 1. The van der Waals surface area contributed by atoms with E-state index in [1.807, 2.05) is 6.07 Å². The van der Waals surface area contributed by atoms with Crippen LogP contribution in [-0.4, -0.2) is 31.3 Å². The Bertz CT molecular complexity index is 1010. The summed E-state index contributed by atoms with van der Waals surface area (Å²) >= 11 is 0. The molecule has 0 fully saturated rings. The normalized spacial score (nSPS) is 15.0. The summed E-state index contributed by atoms with van der Waals surface area (Å²) in [6, 6.07) is 11.5. The summed E-state index contributed by atoms with van der Waals surface area (Å²) in [7, 11) is 1.55. The molecule has 2 aromatic carbocycles. The van der Waals surface area contributed by atoms with Crippen molar-refractivity contribution in [2.75, 3.05) is 18.6 Å². The molecule has 30 heavy (non-hydrogen) atoms. The summed E-state index contributed by atoms with van der Waals surface area (Å²) in [6.07, 6.45) is 5.12. The van der Waals surface area contributed by atoms with Crippen molar-refractivity contribution in [2.45, 2.75) is 46.6 Å². The molecular weight excluding hydrogens is 374 g/mol. The van der Waals surface area contributed by atoms with Crippen LogP contribution < -0.4 is 15.1 Å². The van der Waals surface area contributed by atoms with Gasteiger partial charge in [-0.25, -0.2) is 5.43 Å². The highest BCUT2D eigenvalue weighted by molar-refractivity contribution is 5.97. The number of carbonyl (C=O) groups is 1. The number of aryl methyl sites for hydroxylation is 1. The van der Waals surface area contributed by atoms with Gasteiger partial charge in [0.1, 0.15) is 5.75 Å². The van der Waals surface area contributed by atoms with Crippen molar-refractivity contribution in [3.63, 3.8) is 0 Å². The van der Waals surface area contributed by atoms with Gasteiger partial charge in [-0.3, -0.25) is 4.79 Å². The van der Waals surface area contributed by atoms with E-state index in [0.717, 1.165) is 24.1 Å². The second kappa shape index (κ2) is 8.74. The van der Waals surface area contributed by atoms with E-state index in [0.29, 0.717) is 11.3 Å². The number of allylic oxidation sites excluding steroid dienone is 1. The van der Waals surface area contributed by atoms with Crippen molar-refractivity contribution < 1.29 is 9.53 Å². The summed E-state index contributed by atoms with van der Waals surface area (Å²) in [5, 5.41) is 4.20. The summed E-state index contributed by atoms with van der Waals surface area (Å²) in [5.74, 6) is 0.223. The van der Waals surface area contributed by atoms with E-state index in [4.69, 9.17) is 4.74 Å². The van der Waals surface area contributed by atoms with Crippen LogP contribution in [0.4, 0.5) is 5.69 Å². The molecule has 0 spiro atoms. The van der Waals surface area contributed by atoms with Gasteiger partial charge >= 0.3 is 0 Å². The number of nitrogens with zero attached hydrogens (tertiary/aromatic N) is 2. The van der Waals surface area contributed by atoms with Crippen LogP contribution in [-0.2, 0) is 0 Å². The molecule has 0 bridgehead atoms. The smallest absolute Gasteiger partial charge is 0.275 e. The number of nitrogens with one attached hydrogen (secondary N) is 1. The quantitative estimate of drug-likeness (QED) is 0.532. The molecule has 0 radical (unpaired) electrons. The zero-order chi connectivity index (χ0) is 21.9. The highest BCUT2D eigenvalue weighted by Gasteiger charge is 2.31. The fraction of sp³-hybridized carbons (Fsp3) is 0.360. The SMILES string of the molecule is CCCN1c2cc(C)c(/C=N\NC(=O)c3ccccc3OC)cc2C(C)=CC1(C)C. The molecule has 0 saturated heterocycles. The van der Waals surface area contributed by atoms with Gasteiger partial charge < -0.3 is 9.64 Å². The average molecular weight is 406 g/mol. The van der Waals surface area contributed by atoms with E-state index in [9.17, 15) is 4.79 Å². The highest BCUT2D eigenvalue weighted by atomic mass is 16.5. The topological polar surface area (TPSA) is 53.9 Å². The number of hydrogen-bond acceptors (Lipinski definition) is 4. The van der Waals surface area contributed by atoms with Crippen LogP contribution in [0.25, 0.3) is 5.57 Å². The van der Waals surface area contributed by atoms with Gasteiger partial charge in [0.15, 0.2) is 0 Å². The lowest BCUT2D eigenvalue weighted by Gasteiger charge is -2.43. The maximum atomic E-state index is 12.5. The van der Waals surface area contributed by atoms with Gasteiger partial charge in [-0.2, -0.15) is 5.10 Å². The molecule has 0 atom stereocenters. The van der Waals surface area contributed by atoms with E-state index < -0.39 is 0 Å². The van der Waals surface area contributed by atoms with Gasteiger partial charge in [0.2, 0.25) is 0 Å². The maximum Gasteiger partial charge on any atom is 0.275 e. The first-order valence-corrected chi connectivity index (χ1v) is 10.4. The number of amides is 1. The fourth-order valence-corrected chi connectivity index (χ4v) is 4.07. The maximum absolute atomic E-state index is 12.5. The minimum Gasteiger partial charge on any atom is -0.496 e. The third-order valence-corrected chi connectivity index (χ3v) is 5.53. The van der Waals surface area contributed by atoms with E-state index in [1.54, 1.807) is 31.5 Å². The lowest BCUT2D eigenvalue weighted by atomic mass is 9.87. The van der Waals surface area contributed by atoms with Crippen LogP contribution in [0.2, 0.25) is 0 Å². The average Bonchev–Trinajstić information content (AvgIpc) is 2.71. The van der Waals surface area contributed by atoms with Gasteiger partial charge in [0.25, 0.3) is 5.91 Å². The third kappa shape index (κ3) is 4.25. The first-order valence-electron chi connectivity index (χ1n) is 10.4. The zero-order valence-electron chi connectivity index (χ0n) is 18.7. The predicted molar refractivity (Wildman–Crippen MR) is 125 cm³/mol. The molecule has 1 heterocycles. The number of benzene rings is 2. The molecule has 5 nitrogen and oxygen atoms in total. The Labute approximate surface area is 179 Å². The van der Waals surface area contributed by atoms with Crippen molar-refractivity contribution in [1.82, 2.24) is 5.43 Å². The molecule has 1 aliphatic rings. The van der Waals surface area contributed by atoms with Crippen LogP contribution in [0.15, 0.2) is 47.6 Å². The number of para-hydroxylation sites is 1. The molecule has 0 aliphatic carbocycles. The molecule has 1 N–H and O–H groups in total. The molecule has 0 unspecified atom stereocenters. The van der Waals surface area contributed by atoms with Crippen molar-refractivity contribution in [2.24, 2.45) is 5.10 Å². The van der Waals surface area contributed by atoms with Gasteiger partial charge in [-0.15, -0.1) is 0 Å². The van der Waals surface area contributed by atoms with Gasteiger partial charge in [-0.1, -0.05) is 25.1 Å². The van der Waals surface area contributed by atoms with Crippen LogP contribution in [0.1, 0.15) is 61.2 Å². The van der Waals surface area contributed by atoms with Crippen LogP contribution in [0, 0.1) is 6.92 Å². The lowest BCUT2D eigenvalue weighted by molar-refractivity contribution is 0.0952. The Morgan fingerprint density at radius 3 is 2.67 bits per heavy atom. The third-order valence-electron chi connectivity index (χ3n) is 5.53. The van der Waals surface area contributed by atoms with Gasteiger partial charge in [-0.05, 0) is 75.1 Å². The molecule has 0 saturated carbocycles. The molecule has 0 aromatic heterocycles. The van der Waals surface area contributed by atoms with Crippen LogP contribution in [0.3, 0.4) is 0 Å². The standard InChI is InChI=1S/C25H31N3O2/c1-7-12-28-22-13-17(2)19(14-21(22)18(3)15-25(28,4)5)16-26-27-24(29)20-10-8-9-11-23(20)30-6/h8-11,13-16H,7,12H2,1-6H3,(H,27,29)/b26-16-. The summed E-state index contributed by atoms with van der Waals surface area (Å²) in [6.45, 7) is 12.0. The van der Waals surface area contributed by atoms with E-state index in [2.05, 4.69) is 68.3 Å². The van der Waals surface area contributed by atoms with Crippen molar-refractivity contribution in [1.29, 1.82) is 0 Å². The Morgan fingerprint density at radius 2 is 1.97 bits per heavy atom. The highest BCUT2D eigenvalue weighted by Crippen LogP contribution is 2.40. The van der Waals surface area contributed by atoms with Crippen molar-refractivity contribution >= 4 is 23.4 Å². The monoisotopic (exact) mass is 405 g/mol. The van der Waals surface area contributed by atoms with E-state index >= 15 is 0 Å². The first-order chi connectivity index (χ1) is 14.3. The predicted octanol–water partition coefficient (Wildman–Crippen LogP) is 5.18. The number of rotatable bonds is 6. The van der Waals surface area contributed by atoms with Crippen LogP contribution in [0.5, 0.6) is 5.75 Å². The molecule has 2 aromatic rings. The Balaban J connectivity index is 1.86. The fourth-order valence-electron chi connectivity index (χ4n) is 4.07. The van der Waals surface area contributed by atoms with E-state index in [-0.39, 0.29) is 11.4 Å². The molecular formula is C25H31N3O2. The summed E-state index contributed by atoms with van der Waals surface area (Å²) in [4.78, 5) is 14.9. The Kier molecular flexibility index (Phi) is 6.30. The first kappa shape index (κ1) is 21.6. The summed E-state index contributed by atoms with van der Waals surface area (Å²) in [5.41, 5.74) is 8.88. The minimum atomic E-state index is -0.300. The molecule has 1 aliphatic heterocycles. The molecule has 3 rings (SSSR count). The number of ether oxygens (including phenoxy) is 1. The lowest BCUT2D eigenvalue weighted by Crippen LogP contribution is -2.45. The Hall–Kier alpha value is -3.08. The number of hydrazone groups is 1. The number of carbonyl (C=O) groups excluding carboxylic acids is 1. The largest absolute Gasteiger partial charge is 0.496 e. The van der Waals surface area contributed by atoms with E-state index in [1.165, 1.54) is 16.8 Å². The number of anilines is 1. The molecule has 1 amide bonds. The number of methoxy groups -OCH3 is 1. The second-order valence-corrected chi connectivity index (χ2v) is 8.26. The second-order valence-electron chi connectivity index (χ2n) is 8.26. The molecule has 5 heteroatoms. The zero-order valence-corrected chi connectivity index (χ0v) is 18.7. The number of hydrogen-bond donors (Lipinski definition) is 1. The van der Waals surface area contributed by atoms with Crippen LogP contribution >= 0.6 is 0 Å². The van der Waals surface area contributed by atoms with Crippen molar-refractivity contribution in [3.8, 4) is 5.75 Å². The molecule has 158 valence electrons. The Morgan fingerprint density at radius 1 is 1.23 bits per heavy atom. The summed E-state index contributed by atoms with van der Waals surface area (Å²) < 4.78 is 5.25.